The fourth-order valence-corrected chi connectivity index (χ4v) is 7.48. The van der Waals surface area contributed by atoms with Gasteiger partial charge in [-0.1, -0.05) is 54.6 Å². The topological polar surface area (TPSA) is 129 Å². The summed E-state index contributed by atoms with van der Waals surface area (Å²) in [4.78, 5) is 29.9. The van der Waals surface area contributed by atoms with E-state index in [2.05, 4.69) is 0 Å². The highest BCUT2D eigenvalue weighted by Crippen LogP contribution is 2.32. The third kappa shape index (κ3) is 7.05. The molecule has 0 aromatic heterocycles. The molecule has 234 valence electrons. The van der Waals surface area contributed by atoms with E-state index in [9.17, 15) is 23.2 Å². The van der Waals surface area contributed by atoms with Crippen LogP contribution in [0.2, 0.25) is 0 Å². The molecule has 2 heterocycles. The normalized spacial score (nSPS) is 16.9. The molecule has 0 bridgehead atoms. The second-order valence-electron chi connectivity index (χ2n) is 10.9. The summed E-state index contributed by atoms with van der Waals surface area (Å²) < 4.78 is 40.4. The number of morpholine rings is 1. The van der Waals surface area contributed by atoms with Crippen molar-refractivity contribution in [2.24, 2.45) is 5.92 Å². The first-order chi connectivity index (χ1) is 21.3. The van der Waals surface area contributed by atoms with Crippen LogP contribution in [-0.2, 0) is 26.1 Å². The van der Waals surface area contributed by atoms with Crippen molar-refractivity contribution in [1.82, 2.24) is 19.6 Å². The van der Waals surface area contributed by atoms with E-state index in [0.29, 0.717) is 63.5 Å². The first kappa shape index (κ1) is 31.5. The standard InChI is InChI=1S/C32H38N4O7S/c1-42-28-11-7-25(8-12-28)26-9-13-29(14-10-26)44(40,41)36(23-24-5-3-2-4-6-24)30(31(37)33-39)27-15-17-34(18-16-27)32(38)35-19-21-43-22-20-35/h2-14,27,30,39H,15-23H2,1H3,(H,33,37). The number of rotatable bonds is 9. The highest BCUT2D eigenvalue weighted by atomic mass is 32.2. The Kier molecular flexibility index (Phi) is 10.2. The van der Waals surface area contributed by atoms with Crippen LogP contribution in [0.4, 0.5) is 4.79 Å². The van der Waals surface area contributed by atoms with Crippen LogP contribution in [0.3, 0.4) is 0 Å². The molecule has 44 heavy (non-hydrogen) atoms. The summed E-state index contributed by atoms with van der Waals surface area (Å²) in [6, 6.07) is 21.7. The van der Waals surface area contributed by atoms with Crippen molar-refractivity contribution >= 4 is 22.0 Å². The Bertz CT molecular complexity index is 1500. The molecule has 2 saturated heterocycles. The van der Waals surface area contributed by atoms with Crippen LogP contribution < -0.4 is 10.2 Å². The number of benzene rings is 3. The number of urea groups is 1. The number of carbonyl (C=O) groups excluding carboxylic acids is 2. The maximum absolute atomic E-state index is 14.3. The molecule has 1 atom stereocenters. The lowest BCUT2D eigenvalue weighted by atomic mass is 9.88. The number of methoxy groups -OCH3 is 1. The van der Waals surface area contributed by atoms with Gasteiger partial charge in [0.05, 0.1) is 25.2 Å². The van der Waals surface area contributed by atoms with Gasteiger partial charge in [0.2, 0.25) is 10.0 Å². The molecule has 0 saturated carbocycles. The zero-order valence-corrected chi connectivity index (χ0v) is 25.5. The van der Waals surface area contributed by atoms with Gasteiger partial charge >= 0.3 is 6.03 Å². The number of nitrogens with zero attached hydrogens (tertiary/aromatic N) is 3. The average molecular weight is 623 g/mol. The zero-order valence-electron chi connectivity index (χ0n) is 24.7. The van der Waals surface area contributed by atoms with Crippen molar-refractivity contribution in [2.45, 2.75) is 30.3 Å². The van der Waals surface area contributed by atoms with Crippen LogP contribution in [0.1, 0.15) is 18.4 Å². The van der Waals surface area contributed by atoms with Gasteiger partial charge in [-0.3, -0.25) is 10.0 Å². The van der Waals surface area contributed by atoms with Gasteiger partial charge in [-0.15, -0.1) is 0 Å². The molecule has 2 fully saturated rings. The van der Waals surface area contributed by atoms with E-state index in [1.165, 1.54) is 16.4 Å². The molecule has 0 radical (unpaired) electrons. The summed E-state index contributed by atoms with van der Waals surface area (Å²) in [6.45, 7) is 2.69. The number of hydrogen-bond acceptors (Lipinski definition) is 7. The molecule has 3 amide bonds. The fourth-order valence-electron chi connectivity index (χ4n) is 5.84. The monoisotopic (exact) mass is 622 g/mol. The lowest BCUT2D eigenvalue weighted by Crippen LogP contribution is -2.56. The Morgan fingerprint density at radius 2 is 1.48 bits per heavy atom. The molecule has 5 rings (SSSR count). The van der Waals surface area contributed by atoms with Gasteiger partial charge in [0.15, 0.2) is 0 Å². The number of hydrogen-bond donors (Lipinski definition) is 2. The summed E-state index contributed by atoms with van der Waals surface area (Å²) in [5.41, 5.74) is 4.13. The zero-order chi connectivity index (χ0) is 31.1. The highest BCUT2D eigenvalue weighted by Gasteiger charge is 2.43. The minimum absolute atomic E-state index is 0.0290. The van der Waals surface area contributed by atoms with Crippen molar-refractivity contribution in [3.8, 4) is 16.9 Å². The van der Waals surface area contributed by atoms with E-state index in [4.69, 9.17) is 9.47 Å². The summed E-state index contributed by atoms with van der Waals surface area (Å²) in [5, 5.41) is 9.78. The fraction of sp³-hybridized carbons (Fsp3) is 0.375. The van der Waals surface area contributed by atoms with Crippen molar-refractivity contribution in [3.05, 3.63) is 84.4 Å². The molecule has 2 aliphatic rings. The van der Waals surface area contributed by atoms with Crippen LogP contribution in [0.25, 0.3) is 11.1 Å². The second kappa shape index (κ2) is 14.2. The second-order valence-corrected chi connectivity index (χ2v) is 12.8. The van der Waals surface area contributed by atoms with E-state index in [0.717, 1.165) is 11.1 Å². The molecular formula is C32H38N4O7S. The van der Waals surface area contributed by atoms with Gasteiger partial charge in [0, 0.05) is 32.7 Å². The summed E-state index contributed by atoms with van der Waals surface area (Å²) in [5.74, 6) is -0.528. The molecule has 1 unspecified atom stereocenters. The van der Waals surface area contributed by atoms with Crippen LogP contribution in [0, 0.1) is 5.92 Å². The first-order valence-corrected chi connectivity index (χ1v) is 16.1. The van der Waals surface area contributed by atoms with Crippen LogP contribution in [0.5, 0.6) is 5.75 Å². The number of piperidine rings is 1. The number of nitrogens with one attached hydrogen (secondary N) is 1. The number of carbonyl (C=O) groups is 2. The van der Waals surface area contributed by atoms with E-state index in [1.54, 1.807) is 58.8 Å². The third-order valence-corrected chi connectivity index (χ3v) is 10.1. The van der Waals surface area contributed by atoms with E-state index in [1.807, 2.05) is 30.3 Å². The van der Waals surface area contributed by atoms with E-state index >= 15 is 0 Å². The molecule has 12 heteroatoms. The van der Waals surface area contributed by atoms with Crippen molar-refractivity contribution in [2.75, 3.05) is 46.5 Å². The summed E-state index contributed by atoms with van der Waals surface area (Å²) in [6.07, 6.45) is 0.788. The minimum atomic E-state index is -4.22. The van der Waals surface area contributed by atoms with Crippen LogP contribution in [-0.4, -0.2) is 92.2 Å². The minimum Gasteiger partial charge on any atom is -0.497 e. The van der Waals surface area contributed by atoms with Gasteiger partial charge in [0.1, 0.15) is 11.8 Å². The number of likely N-dealkylation sites (tertiary alicyclic amines) is 1. The highest BCUT2D eigenvalue weighted by molar-refractivity contribution is 7.89. The summed E-state index contributed by atoms with van der Waals surface area (Å²) >= 11 is 0. The lowest BCUT2D eigenvalue weighted by Gasteiger charge is -2.41. The van der Waals surface area contributed by atoms with Gasteiger partial charge in [-0.25, -0.2) is 18.7 Å². The van der Waals surface area contributed by atoms with Crippen molar-refractivity contribution in [3.63, 3.8) is 0 Å². The molecule has 0 spiro atoms. The van der Waals surface area contributed by atoms with Crippen LogP contribution >= 0.6 is 0 Å². The maximum Gasteiger partial charge on any atom is 0.320 e. The van der Waals surface area contributed by atoms with E-state index in [-0.39, 0.29) is 17.5 Å². The van der Waals surface area contributed by atoms with Gasteiger partial charge in [-0.05, 0) is 59.7 Å². The molecule has 3 aromatic rings. The van der Waals surface area contributed by atoms with E-state index < -0.39 is 27.9 Å². The Morgan fingerprint density at radius 3 is 2.05 bits per heavy atom. The number of ether oxygens (including phenoxy) is 2. The Balaban J connectivity index is 1.42. The Hall–Kier alpha value is -3.97. The SMILES string of the molecule is COc1ccc(-c2ccc(S(=O)(=O)N(Cc3ccccc3)C(C(=O)NO)C3CCN(C(=O)N4CCOCC4)CC3)cc2)cc1. The average Bonchev–Trinajstić information content (AvgIpc) is 3.08. The van der Waals surface area contributed by atoms with Gasteiger partial charge in [0.25, 0.3) is 5.91 Å². The first-order valence-electron chi connectivity index (χ1n) is 14.7. The summed E-state index contributed by atoms with van der Waals surface area (Å²) in [7, 11) is -2.63. The quantitative estimate of drug-likeness (QED) is 0.276. The maximum atomic E-state index is 14.3. The van der Waals surface area contributed by atoms with Gasteiger partial charge in [-0.2, -0.15) is 4.31 Å². The number of amides is 3. The molecule has 2 N–H and O–H groups in total. The molecular weight excluding hydrogens is 584 g/mol. The third-order valence-electron chi connectivity index (χ3n) is 8.29. The molecule has 11 nitrogen and oxygen atoms in total. The largest absolute Gasteiger partial charge is 0.497 e. The number of sulfonamides is 1. The van der Waals surface area contributed by atoms with Gasteiger partial charge < -0.3 is 19.3 Å². The van der Waals surface area contributed by atoms with Crippen LogP contribution in [0.15, 0.2) is 83.8 Å². The predicted octanol–water partition coefficient (Wildman–Crippen LogP) is 3.59. The Labute approximate surface area is 258 Å². The van der Waals surface area contributed by atoms with Crippen molar-refractivity contribution < 1.29 is 32.7 Å². The van der Waals surface area contributed by atoms with Crippen molar-refractivity contribution in [1.29, 1.82) is 0 Å². The number of hydroxylamine groups is 1. The molecule has 3 aromatic carbocycles. The lowest BCUT2D eigenvalue weighted by molar-refractivity contribution is -0.135. The Morgan fingerprint density at radius 1 is 0.909 bits per heavy atom. The predicted molar refractivity (Wildman–Crippen MR) is 163 cm³/mol. The molecule has 0 aliphatic carbocycles. The smallest absolute Gasteiger partial charge is 0.320 e. The molecule has 2 aliphatic heterocycles.